The highest BCUT2D eigenvalue weighted by Crippen LogP contribution is 2.02. The molecule has 0 saturated carbocycles. The van der Waals surface area contributed by atoms with Crippen molar-refractivity contribution in [3.05, 3.63) is 60.7 Å². The summed E-state index contributed by atoms with van der Waals surface area (Å²) in [5.74, 6) is -0.278. The molecule has 2 heterocycles. The summed E-state index contributed by atoms with van der Waals surface area (Å²) < 4.78 is 5.10. The van der Waals surface area contributed by atoms with Gasteiger partial charge in [-0.2, -0.15) is 0 Å². The Hall–Kier alpha value is -2.23. The topological polar surface area (TPSA) is 52.1 Å². The average Bonchev–Trinajstić information content (AvgIpc) is 2.57. The highest BCUT2D eigenvalue weighted by atomic mass is 16.5. The molecule has 0 spiro atoms. The maximum absolute atomic E-state index is 11.4. The maximum atomic E-state index is 11.4. The van der Waals surface area contributed by atoms with E-state index in [-0.39, 0.29) is 5.97 Å². The molecule has 2 aromatic heterocycles. The van der Waals surface area contributed by atoms with Crippen molar-refractivity contribution in [3.63, 3.8) is 0 Å². The molecule has 2 rings (SSSR count). The summed E-state index contributed by atoms with van der Waals surface area (Å²) in [6, 6.07) is 9.15. The lowest BCUT2D eigenvalue weighted by molar-refractivity contribution is 0.0497. The Balaban J connectivity index is 0.000000304. The molecule has 4 heteroatoms. The van der Waals surface area contributed by atoms with Gasteiger partial charge in [0.05, 0.1) is 12.2 Å². The van der Waals surface area contributed by atoms with Crippen LogP contribution in [0.25, 0.3) is 0 Å². The number of pyridine rings is 2. The van der Waals surface area contributed by atoms with E-state index < -0.39 is 0 Å². The van der Waals surface area contributed by atoms with E-state index in [2.05, 4.69) is 16.9 Å². The first-order chi connectivity index (χ1) is 10.3. The van der Waals surface area contributed by atoms with E-state index in [0.717, 1.165) is 12.8 Å². The lowest BCUT2D eigenvalue weighted by Crippen LogP contribution is -2.06. The number of carbonyl (C=O) groups is 1. The van der Waals surface area contributed by atoms with Crippen LogP contribution >= 0.6 is 0 Å². The molecule has 0 radical (unpaired) electrons. The molecule has 0 unspecified atom stereocenters. The van der Waals surface area contributed by atoms with Crippen LogP contribution < -0.4 is 0 Å². The van der Waals surface area contributed by atoms with Crippen LogP contribution in [0.5, 0.6) is 0 Å². The number of hydrogen-bond acceptors (Lipinski definition) is 4. The van der Waals surface area contributed by atoms with Gasteiger partial charge in [0.2, 0.25) is 0 Å². The van der Waals surface area contributed by atoms with Crippen molar-refractivity contribution >= 4 is 5.97 Å². The number of unbranched alkanes of at least 4 members (excludes halogenated alkanes) is 3. The van der Waals surface area contributed by atoms with Gasteiger partial charge in [-0.1, -0.05) is 32.3 Å². The molecule has 2 aromatic rings. The number of ether oxygens (including phenoxy) is 1. The van der Waals surface area contributed by atoms with Crippen molar-refractivity contribution in [2.45, 2.75) is 32.6 Å². The summed E-state index contributed by atoms with van der Waals surface area (Å²) in [6.07, 6.45) is 11.1. The number of nitrogens with zero attached hydrogens (tertiary/aromatic N) is 2. The Kier molecular flexibility index (Phi) is 9.28. The summed E-state index contributed by atoms with van der Waals surface area (Å²) in [5.41, 5.74) is 0.521. The van der Waals surface area contributed by atoms with Crippen molar-refractivity contribution < 1.29 is 9.53 Å². The third kappa shape index (κ3) is 8.52. The van der Waals surface area contributed by atoms with Gasteiger partial charge in [-0.3, -0.25) is 9.97 Å². The Labute approximate surface area is 126 Å². The number of esters is 1. The summed E-state index contributed by atoms with van der Waals surface area (Å²) in [6.45, 7) is 2.66. The highest BCUT2D eigenvalue weighted by Gasteiger charge is 2.05. The van der Waals surface area contributed by atoms with Crippen LogP contribution in [0.2, 0.25) is 0 Å². The van der Waals surface area contributed by atoms with Crippen molar-refractivity contribution in [2.24, 2.45) is 0 Å². The van der Waals surface area contributed by atoms with Gasteiger partial charge in [0.1, 0.15) is 0 Å². The molecule has 112 valence electrons. The molecule has 0 aliphatic carbocycles. The Bertz CT molecular complexity index is 448. The van der Waals surface area contributed by atoms with Gasteiger partial charge in [-0.05, 0) is 30.7 Å². The third-order valence-electron chi connectivity index (χ3n) is 2.69. The van der Waals surface area contributed by atoms with Gasteiger partial charge in [0.15, 0.2) is 0 Å². The molecule has 0 aromatic carbocycles. The number of hydrogen-bond donors (Lipinski definition) is 0. The minimum Gasteiger partial charge on any atom is -0.462 e. The van der Waals surface area contributed by atoms with Gasteiger partial charge in [0, 0.05) is 24.8 Å². The standard InChI is InChI=1S/C12H17NO2.C5H5N/c1-2-3-4-5-9-15-12(14)11-7-6-8-13-10-11;1-2-4-6-5-3-1/h6-8,10H,2-5,9H2,1H3;1-5H. The fourth-order valence-corrected chi connectivity index (χ4v) is 1.57. The number of rotatable bonds is 6. The molecule has 0 N–H and O–H groups in total. The van der Waals surface area contributed by atoms with Gasteiger partial charge >= 0.3 is 5.97 Å². The quantitative estimate of drug-likeness (QED) is 0.597. The fraction of sp³-hybridized carbons (Fsp3) is 0.353. The van der Waals surface area contributed by atoms with Crippen molar-refractivity contribution in [3.8, 4) is 0 Å². The van der Waals surface area contributed by atoms with E-state index in [1.165, 1.54) is 19.0 Å². The zero-order valence-electron chi connectivity index (χ0n) is 12.4. The largest absolute Gasteiger partial charge is 0.462 e. The summed E-state index contributed by atoms with van der Waals surface area (Å²) in [5, 5.41) is 0. The van der Waals surface area contributed by atoms with Gasteiger partial charge in [0.25, 0.3) is 0 Å². The molecule has 0 atom stereocenters. The second-order valence-electron chi connectivity index (χ2n) is 4.46. The maximum Gasteiger partial charge on any atom is 0.339 e. The zero-order valence-corrected chi connectivity index (χ0v) is 12.4. The number of aromatic nitrogens is 2. The fourth-order valence-electron chi connectivity index (χ4n) is 1.57. The second-order valence-corrected chi connectivity index (χ2v) is 4.46. The van der Waals surface area contributed by atoms with E-state index in [1.54, 1.807) is 30.7 Å². The monoisotopic (exact) mass is 286 g/mol. The van der Waals surface area contributed by atoms with Crippen molar-refractivity contribution in [1.29, 1.82) is 0 Å². The lowest BCUT2D eigenvalue weighted by Gasteiger charge is -2.03. The first-order valence-corrected chi connectivity index (χ1v) is 7.26. The lowest BCUT2D eigenvalue weighted by atomic mass is 10.2. The van der Waals surface area contributed by atoms with Gasteiger partial charge in [-0.15, -0.1) is 0 Å². The molecule has 0 aliphatic heterocycles. The predicted molar refractivity (Wildman–Crippen MR) is 82.9 cm³/mol. The van der Waals surface area contributed by atoms with E-state index in [1.807, 2.05) is 18.2 Å². The van der Waals surface area contributed by atoms with Crippen LogP contribution in [-0.4, -0.2) is 22.5 Å². The molecule has 0 bridgehead atoms. The van der Waals surface area contributed by atoms with E-state index in [4.69, 9.17) is 4.74 Å². The Morgan fingerprint density at radius 2 is 1.76 bits per heavy atom. The average molecular weight is 286 g/mol. The second kappa shape index (κ2) is 11.6. The predicted octanol–water partition coefficient (Wildman–Crippen LogP) is 3.90. The van der Waals surface area contributed by atoms with Gasteiger partial charge < -0.3 is 4.74 Å². The van der Waals surface area contributed by atoms with Crippen LogP contribution in [0.3, 0.4) is 0 Å². The van der Waals surface area contributed by atoms with Crippen LogP contribution in [-0.2, 0) is 4.74 Å². The first-order valence-electron chi connectivity index (χ1n) is 7.26. The summed E-state index contributed by atoms with van der Waals surface area (Å²) in [7, 11) is 0. The van der Waals surface area contributed by atoms with E-state index in [0.29, 0.717) is 12.2 Å². The Morgan fingerprint density at radius 3 is 2.29 bits per heavy atom. The van der Waals surface area contributed by atoms with Crippen LogP contribution in [0.4, 0.5) is 0 Å². The molecular weight excluding hydrogens is 264 g/mol. The Morgan fingerprint density at radius 1 is 1.00 bits per heavy atom. The van der Waals surface area contributed by atoms with Crippen LogP contribution in [0.15, 0.2) is 55.1 Å². The highest BCUT2D eigenvalue weighted by molar-refractivity contribution is 5.88. The van der Waals surface area contributed by atoms with Crippen LogP contribution in [0, 0.1) is 0 Å². The van der Waals surface area contributed by atoms with E-state index in [9.17, 15) is 4.79 Å². The summed E-state index contributed by atoms with van der Waals surface area (Å²) >= 11 is 0. The molecule has 0 fully saturated rings. The molecule has 0 aliphatic rings. The zero-order chi connectivity index (χ0) is 15.2. The minimum absolute atomic E-state index is 0.278. The summed E-state index contributed by atoms with van der Waals surface area (Å²) in [4.78, 5) is 19.1. The molecule has 4 nitrogen and oxygen atoms in total. The van der Waals surface area contributed by atoms with Crippen molar-refractivity contribution in [2.75, 3.05) is 6.61 Å². The molecule has 0 amide bonds. The van der Waals surface area contributed by atoms with Gasteiger partial charge in [-0.25, -0.2) is 4.79 Å². The molecule has 0 saturated heterocycles. The molecule has 21 heavy (non-hydrogen) atoms. The normalized spacial score (nSPS) is 9.38. The van der Waals surface area contributed by atoms with Crippen molar-refractivity contribution in [1.82, 2.24) is 9.97 Å². The SMILES string of the molecule is CCCCCCOC(=O)c1cccnc1.c1ccncc1. The number of carbonyl (C=O) groups excluding carboxylic acids is 1. The minimum atomic E-state index is -0.278. The third-order valence-corrected chi connectivity index (χ3v) is 2.69. The smallest absolute Gasteiger partial charge is 0.339 e. The first kappa shape index (κ1) is 16.8. The van der Waals surface area contributed by atoms with Crippen LogP contribution in [0.1, 0.15) is 43.0 Å². The van der Waals surface area contributed by atoms with E-state index >= 15 is 0 Å². The molecular formula is C17H22N2O2.